The predicted molar refractivity (Wildman–Crippen MR) is 125 cm³/mol. The quantitative estimate of drug-likeness (QED) is 0.108. The Bertz CT molecular complexity index is 918. The maximum Gasteiger partial charge on any atom is 0.411 e. The van der Waals surface area contributed by atoms with Crippen LogP contribution in [0.3, 0.4) is 0 Å². The van der Waals surface area contributed by atoms with Crippen LogP contribution in [0.25, 0.3) is 0 Å². The van der Waals surface area contributed by atoms with Gasteiger partial charge in [-0.2, -0.15) is 17.6 Å². The molecule has 0 bridgehead atoms. The lowest BCUT2D eigenvalue weighted by Crippen LogP contribution is -2.54. The van der Waals surface area contributed by atoms with Gasteiger partial charge < -0.3 is 38.6 Å². The summed E-state index contributed by atoms with van der Waals surface area (Å²) < 4.78 is 228. The van der Waals surface area contributed by atoms with Gasteiger partial charge >= 0.3 is 12.2 Å². The number of ether oxygens (including phenoxy) is 6. The van der Waals surface area contributed by atoms with E-state index in [4.69, 9.17) is 10.2 Å². The van der Waals surface area contributed by atoms with Gasteiger partial charge in [-0.3, -0.25) is 0 Å². The van der Waals surface area contributed by atoms with Gasteiger partial charge in [-0.25, -0.2) is 48.3 Å². The molecule has 0 aromatic rings. The van der Waals surface area contributed by atoms with E-state index in [9.17, 15) is 65.9 Å². The highest BCUT2D eigenvalue weighted by molar-refractivity contribution is 4.92. The van der Waals surface area contributed by atoms with E-state index in [0.29, 0.717) is 0 Å². The monoisotopic (exact) mass is 734 g/mol. The molecular formula is C24H33F15O8. The average molecular weight is 734 g/mol. The molecule has 8 nitrogen and oxygen atoms in total. The van der Waals surface area contributed by atoms with E-state index in [1.54, 1.807) is 0 Å². The molecule has 47 heavy (non-hydrogen) atoms. The fourth-order valence-corrected chi connectivity index (χ4v) is 3.31. The molecule has 0 aromatic carbocycles. The minimum Gasteiger partial charge on any atom is -0.396 e. The summed E-state index contributed by atoms with van der Waals surface area (Å²) in [5.41, 5.74) is 0. The number of hydrogen-bond donors (Lipinski definition) is 2. The van der Waals surface area contributed by atoms with Gasteiger partial charge in [0.15, 0.2) is 0 Å². The van der Waals surface area contributed by atoms with Crippen molar-refractivity contribution in [3.05, 3.63) is 0 Å². The molecule has 0 aliphatic heterocycles. The Morgan fingerprint density at radius 1 is 0.596 bits per heavy atom. The van der Waals surface area contributed by atoms with Gasteiger partial charge in [-0.05, 0) is 6.42 Å². The van der Waals surface area contributed by atoms with E-state index in [-0.39, 0.29) is 6.42 Å². The van der Waals surface area contributed by atoms with E-state index >= 15 is 0 Å². The van der Waals surface area contributed by atoms with Crippen LogP contribution >= 0.6 is 0 Å². The van der Waals surface area contributed by atoms with Crippen molar-refractivity contribution in [3.63, 3.8) is 0 Å². The van der Waals surface area contributed by atoms with E-state index in [2.05, 4.69) is 28.4 Å². The summed E-state index contributed by atoms with van der Waals surface area (Å²) in [6, 6.07) is 0. The third-order valence-electron chi connectivity index (χ3n) is 6.14. The third kappa shape index (κ3) is 15.8. The molecule has 0 heterocycles. The summed E-state index contributed by atoms with van der Waals surface area (Å²) >= 11 is 0. The normalized spacial score (nSPS) is 21.5. The molecule has 0 amide bonds. The van der Waals surface area contributed by atoms with Crippen LogP contribution in [0.1, 0.15) is 38.5 Å². The molecule has 0 spiro atoms. The molecule has 4 unspecified atom stereocenters. The van der Waals surface area contributed by atoms with E-state index in [1.807, 2.05) is 0 Å². The minimum absolute atomic E-state index is 0.362. The lowest BCUT2D eigenvalue weighted by Gasteiger charge is -2.43. The topological polar surface area (TPSA) is 95.8 Å². The summed E-state index contributed by atoms with van der Waals surface area (Å²) in [4.78, 5) is 0. The second-order valence-electron chi connectivity index (χ2n) is 10.4. The summed E-state index contributed by atoms with van der Waals surface area (Å²) in [5, 5.41) is 16.8. The first-order chi connectivity index (χ1) is 21.3. The van der Waals surface area contributed by atoms with Crippen LogP contribution in [0.5, 0.6) is 0 Å². The molecule has 1 aliphatic carbocycles. The molecule has 1 fully saturated rings. The molecular weight excluding hydrogens is 701 g/mol. The van der Waals surface area contributed by atoms with Crippen LogP contribution in [-0.2, 0) is 28.4 Å². The Kier molecular flexibility index (Phi) is 16.3. The van der Waals surface area contributed by atoms with Gasteiger partial charge in [0.1, 0.15) is 32.5 Å². The minimum atomic E-state index is -4.98. The molecule has 23 heteroatoms. The van der Waals surface area contributed by atoms with Crippen molar-refractivity contribution >= 4 is 0 Å². The average Bonchev–Trinajstić information content (AvgIpc) is 2.92. The largest absolute Gasteiger partial charge is 0.411 e. The molecule has 1 aliphatic rings. The first-order valence-electron chi connectivity index (χ1n) is 13.5. The van der Waals surface area contributed by atoms with Crippen molar-refractivity contribution in [1.29, 1.82) is 0 Å². The van der Waals surface area contributed by atoms with Gasteiger partial charge in [0.25, 0.3) is 36.4 Å². The highest BCUT2D eigenvalue weighted by atomic mass is 19.3. The molecule has 1 rings (SSSR count). The van der Waals surface area contributed by atoms with Crippen molar-refractivity contribution < 1.29 is 104 Å². The number of hydrogen-bond acceptors (Lipinski definition) is 8. The fourth-order valence-electron chi connectivity index (χ4n) is 3.31. The maximum atomic E-state index is 14.8. The molecule has 0 aromatic heterocycles. The van der Waals surface area contributed by atoms with Crippen molar-refractivity contribution in [2.45, 2.75) is 99.1 Å². The first-order valence-corrected chi connectivity index (χ1v) is 13.5. The predicted octanol–water partition coefficient (Wildman–Crippen LogP) is 5.78. The molecule has 4 atom stereocenters. The summed E-state index contributed by atoms with van der Waals surface area (Å²) in [5.74, 6) is -19.1. The second-order valence-corrected chi connectivity index (χ2v) is 10.4. The van der Waals surface area contributed by atoms with E-state index in [1.165, 1.54) is 0 Å². The number of alkyl halides is 15. The van der Waals surface area contributed by atoms with Crippen molar-refractivity contribution in [2.24, 2.45) is 0 Å². The number of halogens is 15. The van der Waals surface area contributed by atoms with Gasteiger partial charge in [0.05, 0.1) is 13.2 Å². The molecule has 282 valence electrons. The van der Waals surface area contributed by atoms with E-state index in [0.717, 1.165) is 0 Å². The molecule has 0 radical (unpaired) electrons. The standard InChI is InChI=1S/C24H33F15O8/c25-16(43-12-18(27,28)3-7-40)23(36,37)45-9-5-20(31,32)11-42-15-1-2-22(15,35)47-14-21(33,34)6-10-46-24(38,39)17(26)44-13-19(29,30)4-8-41/h15-17,40-41H,1-14H2. The Labute approximate surface area is 257 Å². The Morgan fingerprint density at radius 2 is 0.979 bits per heavy atom. The third-order valence-corrected chi connectivity index (χ3v) is 6.14. The van der Waals surface area contributed by atoms with Crippen molar-refractivity contribution in [2.75, 3.05) is 52.9 Å². The maximum absolute atomic E-state index is 14.8. The van der Waals surface area contributed by atoms with Gasteiger partial charge in [0.2, 0.25) is 5.85 Å². The molecule has 1 saturated carbocycles. The summed E-state index contributed by atoms with van der Waals surface area (Å²) in [7, 11) is 0. The van der Waals surface area contributed by atoms with Crippen molar-refractivity contribution in [3.8, 4) is 0 Å². The van der Waals surface area contributed by atoms with Crippen LogP contribution < -0.4 is 0 Å². The van der Waals surface area contributed by atoms with Crippen molar-refractivity contribution in [1.82, 2.24) is 0 Å². The van der Waals surface area contributed by atoms with Crippen LogP contribution in [0.15, 0.2) is 0 Å². The number of rotatable bonds is 26. The number of aliphatic hydroxyl groups excluding tert-OH is 2. The fraction of sp³-hybridized carbons (Fsp3) is 1.00. The van der Waals surface area contributed by atoms with Crippen LogP contribution in [0.4, 0.5) is 65.9 Å². The zero-order valence-electron chi connectivity index (χ0n) is 24.1. The van der Waals surface area contributed by atoms with Gasteiger partial charge in [-0.15, -0.1) is 0 Å². The smallest absolute Gasteiger partial charge is 0.396 e. The van der Waals surface area contributed by atoms with Crippen LogP contribution in [0, 0.1) is 0 Å². The zero-order valence-corrected chi connectivity index (χ0v) is 24.1. The lowest BCUT2D eigenvalue weighted by atomic mass is 9.88. The van der Waals surface area contributed by atoms with Crippen LogP contribution in [-0.4, -0.2) is 124 Å². The molecule has 2 N–H and O–H groups in total. The van der Waals surface area contributed by atoms with E-state index < -0.39 is 146 Å². The Balaban J connectivity index is 2.47. The second kappa shape index (κ2) is 17.5. The SMILES string of the molecule is OCCC(F)(F)COC(F)C(F)(F)OCCC(F)(F)COC1CCC1(F)OCC(F)(F)CCOC(F)(F)C(F)OCC(F)(F)CCO. The van der Waals surface area contributed by atoms with Crippen LogP contribution in [0.2, 0.25) is 0 Å². The van der Waals surface area contributed by atoms with Gasteiger partial charge in [-0.1, -0.05) is 0 Å². The Hall–Kier alpha value is -1.37. The van der Waals surface area contributed by atoms with Gasteiger partial charge in [0, 0.05) is 45.3 Å². The highest BCUT2D eigenvalue weighted by Gasteiger charge is 2.53. The first kappa shape index (κ1) is 43.7. The zero-order chi connectivity index (χ0) is 36.4. The lowest BCUT2D eigenvalue weighted by molar-refractivity contribution is -0.341. The summed E-state index contributed by atoms with van der Waals surface area (Å²) in [6.45, 7) is -12.7. The number of aliphatic hydroxyl groups is 2. The highest BCUT2D eigenvalue weighted by Crippen LogP contribution is 2.42. The Morgan fingerprint density at radius 3 is 1.34 bits per heavy atom. The molecule has 0 saturated heterocycles. The summed E-state index contributed by atoms with van der Waals surface area (Å²) in [6.07, 6.45) is -26.3.